The number of rotatable bonds is 5. The van der Waals surface area contributed by atoms with Gasteiger partial charge in [0.25, 0.3) is 5.91 Å². The van der Waals surface area contributed by atoms with Gasteiger partial charge < -0.3 is 15.4 Å². The topological polar surface area (TPSA) is 63.2 Å². The van der Waals surface area contributed by atoms with E-state index in [4.69, 9.17) is 16.3 Å². The Morgan fingerprint density at radius 1 is 1.11 bits per heavy atom. The molecule has 0 bridgehead atoms. The van der Waals surface area contributed by atoms with E-state index >= 15 is 0 Å². The van der Waals surface area contributed by atoms with E-state index in [1.165, 1.54) is 25.4 Å². The van der Waals surface area contributed by atoms with Crippen LogP contribution in [0.25, 0.3) is 0 Å². The van der Waals surface area contributed by atoms with Crippen LogP contribution >= 0.6 is 11.6 Å². The first kappa shape index (κ1) is 18.7. The Morgan fingerprint density at radius 2 is 1.89 bits per heavy atom. The Morgan fingerprint density at radius 3 is 2.63 bits per heavy atom. The molecule has 138 valence electrons. The van der Waals surface area contributed by atoms with E-state index < -0.39 is 0 Å². The zero-order chi connectivity index (χ0) is 19.4. The first-order valence-corrected chi connectivity index (χ1v) is 8.48. The number of nitrogens with zero attached hydrogens (tertiary/aromatic N) is 1. The summed E-state index contributed by atoms with van der Waals surface area (Å²) in [5.41, 5.74) is 2.85. The molecule has 1 heterocycles. The summed E-state index contributed by atoms with van der Waals surface area (Å²) < 4.78 is 18.4. The fourth-order valence-corrected chi connectivity index (χ4v) is 2.70. The molecule has 0 fully saturated rings. The van der Waals surface area contributed by atoms with Crippen LogP contribution < -0.4 is 15.4 Å². The van der Waals surface area contributed by atoms with E-state index in [1.807, 2.05) is 0 Å². The molecule has 3 rings (SSSR count). The summed E-state index contributed by atoms with van der Waals surface area (Å²) in [7, 11) is 1.50. The lowest BCUT2D eigenvalue weighted by Gasteiger charge is -2.14. The maximum atomic E-state index is 13.3. The van der Waals surface area contributed by atoms with Gasteiger partial charge in [0, 0.05) is 28.7 Å². The molecule has 1 amide bonds. The minimum absolute atomic E-state index is 0.321. The van der Waals surface area contributed by atoms with Crippen LogP contribution in [0.2, 0.25) is 5.02 Å². The normalized spacial score (nSPS) is 10.4. The molecule has 0 radical (unpaired) electrons. The van der Waals surface area contributed by atoms with E-state index in [9.17, 15) is 9.18 Å². The summed E-state index contributed by atoms with van der Waals surface area (Å²) in [4.78, 5) is 16.8. The molecular formula is C20H17ClFN3O2. The van der Waals surface area contributed by atoms with Crippen molar-refractivity contribution < 1.29 is 13.9 Å². The molecule has 2 N–H and O–H groups in total. The number of carbonyl (C=O) groups excluding carboxylic acids is 1. The number of carbonyl (C=O) groups is 1. The van der Waals surface area contributed by atoms with Gasteiger partial charge in [-0.15, -0.1) is 0 Å². The van der Waals surface area contributed by atoms with Crippen molar-refractivity contribution in [2.24, 2.45) is 0 Å². The zero-order valence-electron chi connectivity index (χ0n) is 14.7. The van der Waals surface area contributed by atoms with Crippen LogP contribution in [0.3, 0.4) is 0 Å². The van der Waals surface area contributed by atoms with Gasteiger partial charge in [0.05, 0.1) is 18.4 Å². The van der Waals surface area contributed by atoms with Crippen molar-refractivity contribution in [1.29, 1.82) is 0 Å². The fraction of sp³-hybridized carbons (Fsp3) is 0.100. The molecule has 0 aliphatic carbocycles. The van der Waals surface area contributed by atoms with Crippen LogP contribution in [0.4, 0.5) is 21.5 Å². The van der Waals surface area contributed by atoms with Crippen LogP contribution in [0.5, 0.6) is 5.88 Å². The summed E-state index contributed by atoms with van der Waals surface area (Å²) >= 11 is 6.08. The third-order valence-corrected chi connectivity index (χ3v) is 4.12. The molecule has 5 nitrogen and oxygen atoms in total. The van der Waals surface area contributed by atoms with Gasteiger partial charge in [0.15, 0.2) is 0 Å². The van der Waals surface area contributed by atoms with E-state index in [0.717, 1.165) is 5.56 Å². The average molecular weight is 386 g/mol. The number of anilines is 3. The number of aromatic nitrogens is 1. The second-order valence-electron chi connectivity index (χ2n) is 5.82. The largest absolute Gasteiger partial charge is 0.481 e. The van der Waals surface area contributed by atoms with Crippen molar-refractivity contribution >= 4 is 34.6 Å². The first-order valence-electron chi connectivity index (χ1n) is 8.10. The first-order chi connectivity index (χ1) is 13.0. The van der Waals surface area contributed by atoms with Gasteiger partial charge in [0.1, 0.15) is 5.82 Å². The van der Waals surface area contributed by atoms with Crippen molar-refractivity contribution in [2.75, 3.05) is 17.7 Å². The number of methoxy groups -OCH3 is 1. The number of hydrogen-bond acceptors (Lipinski definition) is 4. The van der Waals surface area contributed by atoms with Gasteiger partial charge in [0.2, 0.25) is 5.88 Å². The number of benzene rings is 2. The molecule has 0 saturated carbocycles. The highest BCUT2D eigenvalue weighted by atomic mass is 35.5. The quantitative estimate of drug-likeness (QED) is 0.634. The zero-order valence-corrected chi connectivity index (χ0v) is 15.5. The average Bonchev–Trinajstić information content (AvgIpc) is 2.65. The summed E-state index contributed by atoms with van der Waals surface area (Å²) in [6, 6.07) is 12.6. The van der Waals surface area contributed by atoms with E-state index in [1.54, 1.807) is 43.3 Å². The summed E-state index contributed by atoms with van der Waals surface area (Å²) in [5, 5.41) is 6.38. The molecular weight excluding hydrogens is 369 g/mol. The lowest BCUT2D eigenvalue weighted by atomic mass is 10.1. The molecule has 0 saturated heterocycles. The monoisotopic (exact) mass is 385 g/mol. The number of pyridine rings is 1. The third kappa shape index (κ3) is 4.54. The number of ether oxygens (including phenoxy) is 1. The van der Waals surface area contributed by atoms with Crippen molar-refractivity contribution in [3.8, 4) is 5.88 Å². The smallest absolute Gasteiger partial charge is 0.257 e. The van der Waals surface area contributed by atoms with E-state index in [-0.39, 0.29) is 11.7 Å². The lowest BCUT2D eigenvalue weighted by Crippen LogP contribution is -2.14. The van der Waals surface area contributed by atoms with Gasteiger partial charge in [-0.25, -0.2) is 9.37 Å². The van der Waals surface area contributed by atoms with Gasteiger partial charge in [-0.3, -0.25) is 4.79 Å². The van der Waals surface area contributed by atoms with Crippen molar-refractivity contribution in [2.45, 2.75) is 6.92 Å². The number of halogens is 2. The number of aryl methyl sites for hydroxylation is 1. The molecule has 0 unspecified atom stereocenters. The molecule has 0 aliphatic heterocycles. The molecule has 2 aromatic carbocycles. The number of amides is 1. The summed E-state index contributed by atoms with van der Waals surface area (Å²) in [6.45, 7) is 1.78. The Bertz CT molecular complexity index is 995. The van der Waals surface area contributed by atoms with Crippen LogP contribution in [-0.2, 0) is 0 Å². The molecule has 0 spiro atoms. The molecule has 1 aromatic heterocycles. The highest BCUT2D eigenvalue weighted by Gasteiger charge is 2.14. The molecule has 7 heteroatoms. The highest BCUT2D eigenvalue weighted by molar-refractivity contribution is 6.31. The Labute approximate surface area is 161 Å². The third-order valence-electron chi connectivity index (χ3n) is 3.89. The predicted octanol–water partition coefficient (Wildman–Crippen LogP) is 5.19. The summed E-state index contributed by atoms with van der Waals surface area (Å²) in [5.74, 6) is -0.286. The second-order valence-corrected chi connectivity index (χ2v) is 6.25. The van der Waals surface area contributed by atoms with Gasteiger partial charge >= 0.3 is 0 Å². The highest BCUT2D eigenvalue weighted by Crippen LogP contribution is 2.27. The summed E-state index contributed by atoms with van der Waals surface area (Å²) in [6.07, 6.45) is 1.54. The lowest BCUT2D eigenvalue weighted by molar-refractivity contribution is 0.102. The minimum atomic E-state index is -0.354. The van der Waals surface area contributed by atoms with Crippen molar-refractivity contribution in [1.82, 2.24) is 4.98 Å². The predicted molar refractivity (Wildman–Crippen MR) is 105 cm³/mol. The van der Waals surface area contributed by atoms with Crippen LogP contribution in [-0.4, -0.2) is 18.0 Å². The van der Waals surface area contributed by atoms with Crippen molar-refractivity contribution in [3.63, 3.8) is 0 Å². The SMILES string of the molecule is COc1cc(NC(=O)c2cc(Cl)ccc2Nc2ccc(F)cc2C)ccn1. The Kier molecular flexibility index (Phi) is 5.57. The van der Waals surface area contributed by atoms with Crippen molar-refractivity contribution in [3.05, 3.63) is 76.7 Å². The second kappa shape index (κ2) is 8.05. The minimum Gasteiger partial charge on any atom is -0.481 e. The number of hydrogen-bond donors (Lipinski definition) is 2. The Hall–Kier alpha value is -3.12. The molecule has 0 atom stereocenters. The van der Waals surface area contributed by atoms with Gasteiger partial charge in [-0.1, -0.05) is 11.6 Å². The van der Waals surface area contributed by atoms with Crippen LogP contribution in [0.15, 0.2) is 54.7 Å². The molecule has 0 aliphatic rings. The Balaban J connectivity index is 1.90. The fourth-order valence-electron chi connectivity index (χ4n) is 2.52. The van der Waals surface area contributed by atoms with Gasteiger partial charge in [-0.05, 0) is 55.0 Å². The van der Waals surface area contributed by atoms with Gasteiger partial charge in [-0.2, -0.15) is 0 Å². The maximum Gasteiger partial charge on any atom is 0.257 e. The van der Waals surface area contributed by atoms with E-state index in [0.29, 0.717) is 33.5 Å². The number of nitrogens with one attached hydrogen (secondary N) is 2. The maximum absolute atomic E-state index is 13.3. The molecule has 27 heavy (non-hydrogen) atoms. The molecule has 3 aromatic rings. The standard InChI is InChI=1S/C20H17ClFN3O2/c1-12-9-14(22)4-6-17(12)25-18-5-3-13(21)10-16(18)20(26)24-15-7-8-23-19(11-15)27-2/h3-11,25H,1-2H3,(H,23,24,26). The van der Waals surface area contributed by atoms with E-state index in [2.05, 4.69) is 15.6 Å². The van der Waals surface area contributed by atoms with Crippen LogP contribution in [0, 0.1) is 12.7 Å². The van der Waals surface area contributed by atoms with Crippen LogP contribution in [0.1, 0.15) is 15.9 Å².